The molecule has 0 N–H and O–H groups in total. The number of carbonyl (C=O) groups is 1. The number of hydrogen-bond donors (Lipinski definition) is 0. The average molecular weight is 226 g/mol. The number of rotatable bonds is 9. The minimum Gasteiger partial charge on any atom is -0.370 e. The molecule has 2 unspecified atom stereocenters. The molecule has 0 aliphatic carbocycles. The highest BCUT2D eigenvalue weighted by Gasteiger charge is 2.13. The summed E-state index contributed by atoms with van der Waals surface area (Å²) in [4.78, 5) is 10.9. The Kier molecular flexibility index (Phi) is 9.21. The van der Waals surface area contributed by atoms with Crippen LogP contribution in [0.4, 0.5) is 0 Å². The van der Waals surface area contributed by atoms with Crippen LogP contribution in [0.3, 0.4) is 0 Å². The Balaban J connectivity index is 3.94. The van der Waals surface area contributed by atoms with Crippen molar-refractivity contribution in [1.29, 1.82) is 0 Å². The van der Waals surface area contributed by atoms with E-state index in [1.807, 2.05) is 6.92 Å². The van der Waals surface area contributed by atoms with Crippen LogP contribution >= 0.6 is 0 Å². The summed E-state index contributed by atoms with van der Waals surface area (Å²) >= 11 is 0. The zero-order chi connectivity index (χ0) is 12.4. The second kappa shape index (κ2) is 9.59. The molecule has 0 spiro atoms. The highest BCUT2D eigenvalue weighted by Crippen LogP contribution is 2.10. The lowest BCUT2D eigenvalue weighted by molar-refractivity contribution is -0.120. The van der Waals surface area contributed by atoms with Gasteiger partial charge in [-0.05, 0) is 18.8 Å². The molecule has 0 rings (SSSR count). The van der Waals surface area contributed by atoms with Gasteiger partial charge >= 0.3 is 0 Å². The molecule has 0 saturated carbocycles. The maximum atomic E-state index is 10.9. The van der Waals surface area contributed by atoms with E-state index < -0.39 is 0 Å². The monoisotopic (exact) mass is 226 g/mol. The van der Waals surface area contributed by atoms with Crippen molar-refractivity contribution in [3.63, 3.8) is 0 Å². The van der Waals surface area contributed by atoms with Gasteiger partial charge in [-0.1, -0.05) is 46.3 Å². The van der Waals surface area contributed by atoms with Gasteiger partial charge < -0.3 is 9.53 Å². The van der Waals surface area contributed by atoms with Crippen LogP contribution in [0, 0.1) is 11.8 Å². The molecule has 94 valence electrons. The topological polar surface area (TPSA) is 26.3 Å². The Morgan fingerprint density at radius 1 is 1.25 bits per heavy atom. The first-order valence-electron chi connectivity index (χ1n) is 6.35. The normalized spacial score (nSPS) is 15.6. The van der Waals surface area contributed by atoms with E-state index in [2.05, 4.69) is 32.9 Å². The molecule has 0 aromatic carbocycles. The summed E-state index contributed by atoms with van der Waals surface area (Å²) in [7, 11) is 0. The largest absolute Gasteiger partial charge is 0.370 e. The number of carbonyl (C=O) groups excluding carboxylic acids is 1. The second-order valence-corrected chi connectivity index (χ2v) is 4.74. The lowest BCUT2D eigenvalue weighted by Crippen LogP contribution is -2.22. The van der Waals surface area contributed by atoms with Gasteiger partial charge in [0.1, 0.15) is 12.4 Å². The summed E-state index contributed by atoms with van der Waals surface area (Å²) in [5.74, 6) is 0.840. The first-order chi connectivity index (χ1) is 7.61. The fourth-order valence-corrected chi connectivity index (χ4v) is 1.35. The van der Waals surface area contributed by atoms with E-state index in [9.17, 15) is 4.79 Å². The third kappa shape index (κ3) is 7.63. The van der Waals surface area contributed by atoms with Crippen LogP contribution < -0.4 is 0 Å². The van der Waals surface area contributed by atoms with Crippen molar-refractivity contribution >= 4 is 6.29 Å². The standard InChI is InChI=1S/C14H26O2/c1-5-6-10-16-14(11-15)13(4)9-7-8-12(2)3/h7,9,11-14H,5-6,8,10H2,1-4H3/b9-7+. The molecule has 0 aliphatic rings. The van der Waals surface area contributed by atoms with Crippen LogP contribution in [0.25, 0.3) is 0 Å². The van der Waals surface area contributed by atoms with Gasteiger partial charge in [0.15, 0.2) is 0 Å². The van der Waals surface area contributed by atoms with Gasteiger partial charge in [0.05, 0.1) is 0 Å². The summed E-state index contributed by atoms with van der Waals surface area (Å²) in [6.07, 6.45) is 8.05. The van der Waals surface area contributed by atoms with Crippen molar-refractivity contribution < 1.29 is 9.53 Å². The van der Waals surface area contributed by atoms with Gasteiger partial charge in [-0.2, -0.15) is 0 Å². The van der Waals surface area contributed by atoms with Crippen LogP contribution in [-0.2, 0) is 9.53 Å². The average Bonchev–Trinajstić information content (AvgIpc) is 2.23. The van der Waals surface area contributed by atoms with Gasteiger partial charge in [0.2, 0.25) is 0 Å². The fourth-order valence-electron chi connectivity index (χ4n) is 1.35. The molecule has 0 aromatic heterocycles. The molecule has 0 fully saturated rings. The lowest BCUT2D eigenvalue weighted by Gasteiger charge is -2.16. The summed E-state index contributed by atoms with van der Waals surface area (Å²) in [5, 5.41) is 0. The minimum absolute atomic E-state index is 0.174. The fraction of sp³-hybridized carbons (Fsp3) is 0.786. The molecule has 0 radical (unpaired) electrons. The van der Waals surface area contributed by atoms with E-state index in [0.29, 0.717) is 12.5 Å². The van der Waals surface area contributed by atoms with Crippen molar-refractivity contribution in [2.24, 2.45) is 11.8 Å². The first kappa shape index (κ1) is 15.4. The Morgan fingerprint density at radius 3 is 2.44 bits per heavy atom. The van der Waals surface area contributed by atoms with Gasteiger partial charge in [0.25, 0.3) is 0 Å². The zero-order valence-corrected chi connectivity index (χ0v) is 11.1. The van der Waals surface area contributed by atoms with E-state index in [-0.39, 0.29) is 12.0 Å². The molecule has 0 heterocycles. The van der Waals surface area contributed by atoms with Gasteiger partial charge in [0, 0.05) is 12.5 Å². The molecule has 16 heavy (non-hydrogen) atoms. The van der Waals surface area contributed by atoms with Crippen LogP contribution in [0.1, 0.15) is 47.0 Å². The SMILES string of the molecule is CCCCOC(C=O)C(C)/C=C/CC(C)C. The maximum Gasteiger partial charge on any atom is 0.149 e. The summed E-state index contributed by atoms with van der Waals surface area (Å²) in [6.45, 7) is 9.20. The second-order valence-electron chi connectivity index (χ2n) is 4.74. The highest BCUT2D eigenvalue weighted by molar-refractivity contribution is 5.57. The predicted molar refractivity (Wildman–Crippen MR) is 68.5 cm³/mol. The highest BCUT2D eigenvalue weighted by atomic mass is 16.5. The van der Waals surface area contributed by atoms with Crippen LogP contribution in [-0.4, -0.2) is 19.0 Å². The first-order valence-corrected chi connectivity index (χ1v) is 6.35. The summed E-state index contributed by atoms with van der Waals surface area (Å²) in [5.41, 5.74) is 0. The number of aldehydes is 1. The van der Waals surface area contributed by atoms with Crippen molar-refractivity contribution in [2.45, 2.75) is 53.1 Å². The van der Waals surface area contributed by atoms with Crippen LogP contribution in [0.2, 0.25) is 0 Å². The third-order valence-electron chi connectivity index (χ3n) is 2.51. The maximum absolute atomic E-state index is 10.9. The van der Waals surface area contributed by atoms with Gasteiger partial charge in [-0.25, -0.2) is 0 Å². The Bertz CT molecular complexity index is 197. The van der Waals surface area contributed by atoms with Crippen LogP contribution in [0.15, 0.2) is 12.2 Å². The lowest BCUT2D eigenvalue weighted by atomic mass is 10.0. The van der Waals surface area contributed by atoms with E-state index in [1.165, 1.54) is 0 Å². The van der Waals surface area contributed by atoms with Crippen molar-refractivity contribution in [3.8, 4) is 0 Å². The molecular formula is C14H26O2. The molecular weight excluding hydrogens is 200 g/mol. The minimum atomic E-state index is -0.282. The number of allylic oxidation sites excluding steroid dienone is 1. The Labute approximate surface area is 100 Å². The number of unbranched alkanes of at least 4 members (excludes halogenated alkanes) is 1. The van der Waals surface area contributed by atoms with Gasteiger partial charge in [-0.3, -0.25) is 0 Å². The molecule has 0 bridgehead atoms. The predicted octanol–water partition coefficient (Wildman–Crippen LogP) is 3.61. The Morgan fingerprint density at radius 2 is 1.94 bits per heavy atom. The zero-order valence-electron chi connectivity index (χ0n) is 11.1. The van der Waals surface area contributed by atoms with Crippen molar-refractivity contribution in [1.82, 2.24) is 0 Å². The number of ether oxygens (including phenoxy) is 1. The van der Waals surface area contributed by atoms with Crippen molar-refractivity contribution in [2.75, 3.05) is 6.61 Å². The Hall–Kier alpha value is -0.630. The molecule has 0 amide bonds. The molecule has 0 saturated heterocycles. The molecule has 0 aromatic rings. The molecule has 0 aliphatic heterocycles. The summed E-state index contributed by atoms with van der Waals surface area (Å²) in [6, 6.07) is 0. The summed E-state index contributed by atoms with van der Waals surface area (Å²) < 4.78 is 5.53. The van der Waals surface area contributed by atoms with Crippen molar-refractivity contribution in [3.05, 3.63) is 12.2 Å². The third-order valence-corrected chi connectivity index (χ3v) is 2.51. The molecule has 2 nitrogen and oxygen atoms in total. The quantitative estimate of drug-likeness (QED) is 0.341. The van der Waals surface area contributed by atoms with E-state index in [1.54, 1.807) is 0 Å². The number of hydrogen-bond acceptors (Lipinski definition) is 2. The van der Waals surface area contributed by atoms with Gasteiger partial charge in [-0.15, -0.1) is 0 Å². The van der Waals surface area contributed by atoms with E-state index in [0.717, 1.165) is 25.5 Å². The van der Waals surface area contributed by atoms with Crippen LogP contribution in [0.5, 0.6) is 0 Å². The smallest absolute Gasteiger partial charge is 0.149 e. The molecule has 2 atom stereocenters. The van der Waals surface area contributed by atoms with E-state index >= 15 is 0 Å². The van der Waals surface area contributed by atoms with E-state index in [4.69, 9.17) is 4.74 Å². The molecule has 2 heteroatoms.